The molecule has 3 aliphatic carbocycles. The normalized spacial score (nSPS) is 34.6. The Bertz CT molecular complexity index is 1150. The van der Waals surface area contributed by atoms with Gasteiger partial charge in [-0.05, 0) is 93.2 Å². The van der Waals surface area contributed by atoms with Gasteiger partial charge in [-0.25, -0.2) is 4.98 Å². The molecule has 182 valence electrons. The van der Waals surface area contributed by atoms with Gasteiger partial charge in [-0.1, -0.05) is 32.4 Å². The highest BCUT2D eigenvalue weighted by Gasteiger charge is 2.54. The first-order valence-corrected chi connectivity index (χ1v) is 13.6. The number of carbonyl (C=O) groups is 1. The lowest BCUT2D eigenvalue weighted by atomic mass is 9.45. The molecule has 3 heterocycles. The summed E-state index contributed by atoms with van der Waals surface area (Å²) in [7, 11) is 0. The number of aromatic nitrogens is 2. The zero-order valence-electron chi connectivity index (χ0n) is 21.0. The number of hydrogen-bond donors (Lipinski definition) is 0. The number of para-hydroxylation sites is 2. The molecule has 1 aromatic heterocycles. The predicted molar refractivity (Wildman–Crippen MR) is 135 cm³/mol. The molecule has 5 nitrogen and oxygen atoms in total. The zero-order valence-corrected chi connectivity index (χ0v) is 21.0. The summed E-state index contributed by atoms with van der Waals surface area (Å²) in [4.78, 5) is 32.9. The van der Waals surface area contributed by atoms with Crippen LogP contribution in [0.4, 0.5) is 0 Å². The van der Waals surface area contributed by atoms with Crippen LogP contribution in [-0.4, -0.2) is 38.9 Å². The summed E-state index contributed by atoms with van der Waals surface area (Å²) >= 11 is 0. The van der Waals surface area contributed by atoms with E-state index in [4.69, 9.17) is 0 Å². The second-order valence-electron chi connectivity index (χ2n) is 12.3. The van der Waals surface area contributed by atoms with Crippen LogP contribution in [0.25, 0.3) is 11.0 Å². The van der Waals surface area contributed by atoms with Crippen molar-refractivity contribution >= 4 is 16.8 Å². The molecule has 5 aliphatic rings. The number of nitrogens with zero attached hydrogens (tertiary/aromatic N) is 3. The maximum absolute atomic E-state index is 13.4. The smallest absolute Gasteiger partial charge is 0.280 e. The van der Waals surface area contributed by atoms with Gasteiger partial charge in [0.25, 0.3) is 5.56 Å². The van der Waals surface area contributed by atoms with Crippen molar-refractivity contribution in [2.24, 2.45) is 23.2 Å². The van der Waals surface area contributed by atoms with Gasteiger partial charge in [-0.2, -0.15) is 0 Å². The minimum atomic E-state index is -0.240. The molecule has 2 aromatic rings. The van der Waals surface area contributed by atoms with Crippen molar-refractivity contribution in [2.75, 3.05) is 6.54 Å². The van der Waals surface area contributed by atoms with E-state index < -0.39 is 0 Å². The minimum absolute atomic E-state index is 0.0880. The minimum Gasteiger partial charge on any atom is -0.302 e. The standard InChI is InChI=1S/C29H39N3O2/c1-18(33)27-28(34)32(26-10-5-4-9-25(26)30-27)23-16-21-7-6-8-22(17-23)31(21)14-13-19-11-12-20-15-24(19)29(20,2)3/h4-5,9-10,19-24H,6-8,11-17H2,1-3H3. The average Bonchev–Trinajstić information content (AvgIpc) is 2.81. The number of Topliss-reactive ketones (excluding diaryl/α,β-unsaturated/α-hetero) is 1. The highest BCUT2D eigenvalue weighted by atomic mass is 16.1. The van der Waals surface area contributed by atoms with Crippen LogP contribution < -0.4 is 5.56 Å². The fraction of sp³-hybridized carbons (Fsp3) is 0.690. The van der Waals surface area contributed by atoms with Gasteiger partial charge in [0, 0.05) is 25.0 Å². The highest BCUT2D eigenvalue weighted by molar-refractivity contribution is 5.93. The number of benzene rings is 1. The second-order valence-corrected chi connectivity index (χ2v) is 12.3. The molecule has 5 atom stereocenters. The lowest BCUT2D eigenvalue weighted by Crippen LogP contribution is -2.55. The van der Waals surface area contributed by atoms with E-state index in [2.05, 4.69) is 23.7 Å². The van der Waals surface area contributed by atoms with Gasteiger partial charge in [0.1, 0.15) is 0 Å². The first kappa shape index (κ1) is 22.5. The molecule has 0 spiro atoms. The van der Waals surface area contributed by atoms with Crippen molar-refractivity contribution in [3.05, 3.63) is 40.3 Å². The third-order valence-corrected chi connectivity index (χ3v) is 10.4. The Labute approximate surface area is 202 Å². The Morgan fingerprint density at radius 1 is 1.03 bits per heavy atom. The average molecular weight is 462 g/mol. The Kier molecular flexibility index (Phi) is 5.47. The van der Waals surface area contributed by atoms with E-state index in [9.17, 15) is 9.59 Å². The predicted octanol–water partition coefficient (Wildman–Crippen LogP) is 5.62. The van der Waals surface area contributed by atoms with Crippen LogP contribution in [0.3, 0.4) is 0 Å². The summed E-state index contributed by atoms with van der Waals surface area (Å²) in [5.41, 5.74) is 2.07. The van der Waals surface area contributed by atoms with Gasteiger partial charge in [-0.15, -0.1) is 0 Å². The van der Waals surface area contributed by atoms with Crippen LogP contribution in [0, 0.1) is 23.2 Å². The number of carbonyl (C=O) groups excluding carboxylic acids is 1. The van der Waals surface area contributed by atoms with Crippen LogP contribution in [0.1, 0.15) is 95.1 Å². The first-order chi connectivity index (χ1) is 16.3. The van der Waals surface area contributed by atoms with Crippen LogP contribution in [0.5, 0.6) is 0 Å². The fourth-order valence-corrected chi connectivity index (χ4v) is 8.39. The van der Waals surface area contributed by atoms with Crippen molar-refractivity contribution in [1.82, 2.24) is 14.5 Å². The molecule has 0 radical (unpaired) electrons. The third-order valence-electron chi connectivity index (χ3n) is 10.4. The third kappa shape index (κ3) is 3.49. The number of fused-ring (bicyclic) bond motifs is 5. The summed E-state index contributed by atoms with van der Waals surface area (Å²) in [6, 6.07) is 9.05. The summed E-state index contributed by atoms with van der Waals surface area (Å²) in [6.07, 6.45) is 11.4. The van der Waals surface area contributed by atoms with Crippen LogP contribution in [0.15, 0.2) is 29.1 Å². The Morgan fingerprint density at radius 2 is 1.76 bits per heavy atom. The quantitative estimate of drug-likeness (QED) is 0.542. The van der Waals surface area contributed by atoms with E-state index in [1.54, 1.807) is 0 Å². The lowest BCUT2D eigenvalue weighted by Gasteiger charge is -2.60. The molecule has 2 aliphatic heterocycles. The SMILES string of the molecule is CC(=O)c1nc2ccccc2n(C2CC3CCCC(C2)N3CCC2CCC3CC2C3(C)C)c1=O. The summed E-state index contributed by atoms with van der Waals surface area (Å²) in [6.45, 7) is 7.68. The molecule has 34 heavy (non-hydrogen) atoms. The van der Waals surface area contributed by atoms with E-state index in [1.165, 1.54) is 58.4 Å². The lowest BCUT2D eigenvalue weighted by molar-refractivity contribution is -0.111. The Balaban J connectivity index is 1.24. The number of hydrogen-bond acceptors (Lipinski definition) is 4. The van der Waals surface area contributed by atoms with Gasteiger partial charge in [0.15, 0.2) is 11.5 Å². The highest BCUT2D eigenvalue weighted by Crippen LogP contribution is 2.62. The van der Waals surface area contributed by atoms with Gasteiger partial charge < -0.3 is 4.57 Å². The fourth-order valence-electron chi connectivity index (χ4n) is 8.39. The van der Waals surface area contributed by atoms with Crippen LogP contribution in [0.2, 0.25) is 0 Å². The van der Waals surface area contributed by atoms with Gasteiger partial charge in [0.2, 0.25) is 0 Å². The van der Waals surface area contributed by atoms with Crippen LogP contribution in [-0.2, 0) is 0 Å². The second kappa shape index (κ2) is 8.29. The molecule has 0 N–H and O–H groups in total. The van der Waals surface area contributed by atoms with E-state index in [0.29, 0.717) is 17.5 Å². The van der Waals surface area contributed by atoms with Crippen LogP contribution >= 0.6 is 0 Å². The van der Waals surface area contributed by atoms with Gasteiger partial charge >= 0.3 is 0 Å². The van der Waals surface area contributed by atoms with E-state index in [0.717, 1.165) is 41.6 Å². The number of ketones is 1. The van der Waals surface area contributed by atoms with Crippen molar-refractivity contribution in [1.29, 1.82) is 0 Å². The van der Waals surface area contributed by atoms with Crippen molar-refractivity contribution in [3.8, 4) is 0 Å². The molecule has 4 bridgehead atoms. The van der Waals surface area contributed by atoms with E-state index in [-0.39, 0.29) is 23.1 Å². The summed E-state index contributed by atoms with van der Waals surface area (Å²) in [5, 5.41) is 0. The Hall–Kier alpha value is -2.01. The first-order valence-electron chi connectivity index (χ1n) is 13.6. The largest absolute Gasteiger partial charge is 0.302 e. The number of rotatable bonds is 5. The van der Waals surface area contributed by atoms with E-state index in [1.807, 2.05) is 28.8 Å². The summed E-state index contributed by atoms with van der Waals surface area (Å²) < 4.78 is 1.93. The molecule has 2 saturated heterocycles. The monoisotopic (exact) mass is 461 g/mol. The molecule has 5 fully saturated rings. The van der Waals surface area contributed by atoms with Gasteiger partial charge in [-0.3, -0.25) is 14.5 Å². The maximum Gasteiger partial charge on any atom is 0.280 e. The van der Waals surface area contributed by atoms with Crippen molar-refractivity contribution in [3.63, 3.8) is 0 Å². The molecule has 5 heteroatoms. The van der Waals surface area contributed by atoms with Gasteiger partial charge in [0.05, 0.1) is 11.0 Å². The maximum atomic E-state index is 13.4. The molecule has 5 unspecified atom stereocenters. The molecule has 1 aromatic carbocycles. The molecule has 0 amide bonds. The number of piperidine rings is 2. The molecular formula is C29H39N3O2. The van der Waals surface area contributed by atoms with Crippen molar-refractivity contribution in [2.45, 2.75) is 96.7 Å². The van der Waals surface area contributed by atoms with E-state index >= 15 is 0 Å². The zero-order chi connectivity index (χ0) is 23.6. The summed E-state index contributed by atoms with van der Waals surface area (Å²) in [5.74, 6) is 2.55. The molecule has 7 rings (SSSR count). The molecular weight excluding hydrogens is 422 g/mol. The Morgan fingerprint density at radius 3 is 2.44 bits per heavy atom. The molecule has 3 saturated carbocycles. The topological polar surface area (TPSA) is 55.2 Å². The van der Waals surface area contributed by atoms with Crippen molar-refractivity contribution < 1.29 is 4.79 Å².